The van der Waals surface area contributed by atoms with Gasteiger partial charge in [0.15, 0.2) is 0 Å². The van der Waals surface area contributed by atoms with Crippen molar-refractivity contribution in [2.24, 2.45) is 7.05 Å². The summed E-state index contributed by atoms with van der Waals surface area (Å²) >= 11 is -2.56. The van der Waals surface area contributed by atoms with Gasteiger partial charge in [-0.05, 0) is 48.4 Å². The lowest BCUT2D eigenvalue weighted by Crippen LogP contribution is -2.24. The summed E-state index contributed by atoms with van der Waals surface area (Å²) in [4.78, 5) is 12.6. The Bertz CT molecular complexity index is 1130. The largest absolute Gasteiger partial charge is 0.755 e. The Balaban J connectivity index is 1.62. The third-order valence-corrected chi connectivity index (χ3v) is 5.66. The maximum atomic E-state index is 12.6. The molecule has 0 fully saturated rings. The van der Waals surface area contributed by atoms with Crippen molar-refractivity contribution in [1.82, 2.24) is 15.1 Å². The first kappa shape index (κ1) is 20.1. The molecular formula is C21H21N4O4S-. The van der Waals surface area contributed by atoms with Gasteiger partial charge in [0.25, 0.3) is 5.91 Å². The van der Waals surface area contributed by atoms with E-state index in [0.29, 0.717) is 30.1 Å². The van der Waals surface area contributed by atoms with Gasteiger partial charge < -0.3 is 14.6 Å². The maximum absolute atomic E-state index is 12.6. The summed E-state index contributed by atoms with van der Waals surface area (Å²) in [6, 6.07) is 10.3. The Morgan fingerprint density at radius 1 is 1.33 bits per heavy atom. The molecule has 3 aromatic rings. The SMILES string of the molecule is Cc1ccc(C(=O)NCc2cnn(C)c2)cc1N(c1ccc2c(c1)CCO2)S(=O)[O-]. The molecule has 1 atom stereocenters. The van der Waals surface area contributed by atoms with Gasteiger partial charge in [-0.25, -0.2) is 0 Å². The van der Waals surface area contributed by atoms with Crippen LogP contribution >= 0.6 is 0 Å². The highest BCUT2D eigenvalue weighted by Gasteiger charge is 2.19. The van der Waals surface area contributed by atoms with E-state index in [-0.39, 0.29) is 5.91 Å². The molecule has 0 aliphatic carbocycles. The molecule has 0 saturated heterocycles. The molecule has 30 heavy (non-hydrogen) atoms. The van der Waals surface area contributed by atoms with Gasteiger partial charge in [0.1, 0.15) is 5.75 Å². The van der Waals surface area contributed by atoms with Gasteiger partial charge in [-0.3, -0.25) is 18.0 Å². The number of hydrogen-bond donors (Lipinski definition) is 1. The van der Waals surface area contributed by atoms with Crippen molar-refractivity contribution in [1.29, 1.82) is 0 Å². The predicted octanol–water partition coefficient (Wildman–Crippen LogP) is 2.53. The molecule has 1 N–H and O–H groups in total. The van der Waals surface area contributed by atoms with Gasteiger partial charge >= 0.3 is 0 Å². The Hall–Kier alpha value is -3.17. The van der Waals surface area contributed by atoms with Crippen molar-refractivity contribution in [3.63, 3.8) is 0 Å². The third kappa shape index (κ3) is 4.07. The number of ether oxygens (including phenoxy) is 1. The van der Waals surface area contributed by atoms with Crippen molar-refractivity contribution in [3.8, 4) is 5.75 Å². The van der Waals surface area contributed by atoms with Crippen LogP contribution in [0, 0.1) is 6.92 Å². The molecule has 1 aliphatic heterocycles. The summed E-state index contributed by atoms with van der Waals surface area (Å²) in [6.07, 6.45) is 4.24. The van der Waals surface area contributed by atoms with Gasteiger partial charge in [0, 0.05) is 37.3 Å². The molecule has 2 aromatic carbocycles. The fourth-order valence-electron chi connectivity index (χ4n) is 3.42. The van der Waals surface area contributed by atoms with Gasteiger partial charge in [0.05, 0.1) is 35.4 Å². The lowest BCUT2D eigenvalue weighted by atomic mass is 10.1. The van der Waals surface area contributed by atoms with Crippen LogP contribution in [0.25, 0.3) is 0 Å². The molecule has 9 heteroatoms. The molecule has 8 nitrogen and oxygen atoms in total. The van der Waals surface area contributed by atoms with Crippen LogP contribution in [-0.4, -0.2) is 31.1 Å². The molecule has 2 heterocycles. The van der Waals surface area contributed by atoms with Crippen molar-refractivity contribution in [3.05, 3.63) is 71.0 Å². The normalized spacial score (nSPS) is 13.4. The average molecular weight is 425 g/mol. The topological polar surface area (TPSA) is 99.5 Å². The number of anilines is 2. The highest BCUT2D eigenvalue weighted by molar-refractivity contribution is 7.81. The number of carbonyl (C=O) groups is 1. The number of nitrogens with zero attached hydrogens (tertiary/aromatic N) is 3. The minimum Gasteiger partial charge on any atom is -0.755 e. The van der Waals surface area contributed by atoms with Crippen LogP contribution in [0.4, 0.5) is 11.4 Å². The molecule has 1 aliphatic rings. The summed E-state index contributed by atoms with van der Waals surface area (Å²) in [5.74, 6) is 0.481. The number of rotatable bonds is 6. The van der Waals surface area contributed by atoms with E-state index in [1.165, 1.54) is 4.31 Å². The second-order valence-electron chi connectivity index (χ2n) is 7.11. The molecule has 1 amide bonds. The summed E-state index contributed by atoms with van der Waals surface area (Å²) in [7, 11) is 1.81. The van der Waals surface area contributed by atoms with Crippen molar-refractivity contribution >= 4 is 28.5 Å². The number of carbonyl (C=O) groups excluding carboxylic acids is 1. The smallest absolute Gasteiger partial charge is 0.251 e. The van der Waals surface area contributed by atoms with Crippen LogP contribution in [0.5, 0.6) is 5.75 Å². The first-order valence-corrected chi connectivity index (χ1v) is 10.5. The Kier molecular flexibility index (Phi) is 5.56. The standard InChI is InChI=1S/C21H22N4O4S/c1-14-3-4-17(21(26)22-11-15-12-23-24(2)13-15)10-19(14)25(30(27)28)18-5-6-20-16(9-18)7-8-29-20/h3-6,9-10,12-13H,7-8,11H2,1-2H3,(H,22,26)(H,27,28)/p-1. The zero-order chi connectivity index (χ0) is 21.3. The molecule has 0 bridgehead atoms. The van der Waals surface area contributed by atoms with Gasteiger partial charge in [0.2, 0.25) is 0 Å². The highest BCUT2D eigenvalue weighted by atomic mass is 32.2. The van der Waals surface area contributed by atoms with E-state index in [9.17, 15) is 13.6 Å². The quantitative estimate of drug-likeness (QED) is 0.612. The van der Waals surface area contributed by atoms with Crippen LogP contribution in [0.1, 0.15) is 27.0 Å². The second-order valence-corrected chi connectivity index (χ2v) is 7.91. The Labute approximate surface area is 176 Å². The van der Waals surface area contributed by atoms with Gasteiger partial charge in [-0.15, -0.1) is 0 Å². The average Bonchev–Trinajstić information content (AvgIpc) is 3.35. The summed E-state index contributed by atoms with van der Waals surface area (Å²) < 4.78 is 32.6. The molecule has 0 radical (unpaired) electrons. The van der Waals surface area contributed by atoms with Gasteiger partial charge in [-0.2, -0.15) is 5.10 Å². The van der Waals surface area contributed by atoms with E-state index >= 15 is 0 Å². The van der Waals surface area contributed by atoms with E-state index in [1.807, 2.05) is 19.2 Å². The van der Waals surface area contributed by atoms with Crippen molar-refractivity contribution in [2.75, 3.05) is 10.9 Å². The van der Waals surface area contributed by atoms with Crippen molar-refractivity contribution < 1.29 is 18.3 Å². The van der Waals surface area contributed by atoms with Gasteiger partial charge in [-0.1, -0.05) is 6.07 Å². The summed E-state index contributed by atoms with van der Waals surface area (Å²) in [5, 5.41) is 6.91. The second kappa shape index (κ2) is 8.29. The van der Waals surface area contributed by atoms with E-state index in [2.05, 4.69) is 10.4 Å². The van der Waals surface area contributed by atoms with Crippen molar-refractivity contribution in [2.45, 2.75) is 19.9 Å². The minimum atomic E-state index is -2.56. The number of aryl methyl sites for hydroxylation is 2. The van der Waals surface area contributed by atoms with Crippen LogP contribution < -0.4 is 14.4 Å². The Morgan fingerprint density at radius 2 is 2.17 bits per heavy atom. The minimum absolute atomic E-state index is 0.293. The van der Waals surface area contributed by atoms with E-state index < -0.39 is 11.3 Å². The van der Waals surface area contributed by atoms with E-state index in [0.717, 1.165) is 28.9 Å². The fraction of sp³-hybridized carbons (Fsp3) is 0.238. The molecule has 1 unspecified atom stereocenters. The van der Waals surface area contributed by atoms with E-state index in [4.69, 9.17) is 4.74 Å². The molecule has 156 valence electrons. The first-order chi connectivity index (χ1) is 14.4. The number of benzene rings is 2. The highest BCUT2D eigenvalue weighted by Crippen LogP contribution is 2.35. The first-order valence-electron chi connectivity index (χ1n) is 9.44. The Morgan fingerprint density at radius 3 is 2.90 bits per heavy atom. The molecule has 0 saturated carbocycles. The van der Waals surface area contributed by atoms with Crippen LogP contribution in [0.15, 0.2) is 48.8 Å². The predicted molar refractivity (Wildman–Crippen MR) is 112 cm³/mol. The zero-order valence-electron chi connectivity index (χ0n) is 16.6. The third-order valence-electron chi connectivity index (χ3n) is 4.96. The molecule has 4 rings (SSSR count). The number of aromatic nitrogens is 2. The molecule has 0 spiro atoms. The maximum Gasteiger partial charge on any atom is 0.251 e. The van der Waals surface area contributed by atoms with Crippen LogP contribution in [-0.2, 0) is 31.3 Å². The lowest BCUT2D eigenvalue weighted by molar-refractivity contribution is 0.0951. The monoisotopic (exact) mass is 425 g/mol. The zero-order valence-corrected chi connectivity index (χ0v) is 17.4. The lowest BCUT2D eigenvalue weighted by Gasteiger charge is -2.28. The fourth-order valence-corrected chi connectivity index (χ4v) is 4.06. The van der Waals surface area contributed by atoms with E-state index in [1.54, 1.807) is 48.3 Å². The number of nitrogens with one attached hydrogen (secondary N) is 1. The van der Waals surface area contributed by atoms with Crippen LogP contribution in [0.3, 0.4) is 0 Å². The summed E-state index contributed by atoms with van der Waals surface area (Å²) in [5.41, 5.74) is 3.88. The number of hydrogen-bond acceptors (Lipinski definition) is 5. The van der Waals surface area contributed by atoms with Crippen LogP contribution in [0.2, 0.25) is 0 Å². The molecular weight excluding hydrogens is 404 g/mol. The number of fused-ring (bicyclic) bond motifs is 1. The molecule has 1 aromatic heterocycles. The summed E-state index contributed by atoms with van der Waals surface area (Å²) in [6.45, 7) is 2.73. The number of amides is 1.